The topological polar surface area (TPSA) is 115 Å². The summed E-state index contributed by atoms with van der Waals surface area (Å²) in [6.07, 6.45) is 6.75. The van der Waals surface area contributed by atoms with Gasteiger partial charge in [-0.1, -0.05) is 30.3 Å². The number of benzene rings is 3. The molecule has 35 heavy (non-hydrogen) atoms. The second-order valence-corrected chi connectivity index (χ2v) is 7.65. The van der Waals surface area contributed by atoms with Crippen molar-refractivity contribution in [3.63, 3.8) is 0 Å². The Morgan fingerprint density at radius 3 is 2.26 bits per heavy atom. The maximum Gasteiger partial charge on any atom is 0.300 e. The number of amides is 2. The van der Waals surface area contributed by atoms with Crippen LogP contribution in [-0.2, 0) is 4.79 Å². The maximum atomic E-state index is 12.4. The van der Waals surface area contributed by atoms with Gasteiger partial charge in [0.1, 0.15) is 17.1 Å². The quantitative estimate of drug-likeness (QED) is 0.324. The molecule has 3 aromatic carbocycles. The predicted octanol–water partition coefficient (Wildman–Crippen LogP) is 4.46. The average molecular weight is 461 g/mol. The van der Waals surface area contributed by atoms with Crippen LogP contribution in [0, 0.1) is 12.3 Å². The summed E-state index contributed by atoms with van der Waals surface area (Å²) in [7, 11) is 0. The number of rotatable bonds is 6. The molecular formula is C27H19N5O3. The van der Waals surface area contributed by atoms with E-state index < -0.39 is 11.8 Å². The smallest absolute Gasteiger partial charge is 0.300 e. The molecule has 0 fully saturated rings. The van der Waals surface area contributed by atoms with E-state index in [1.807, 2.05) is 72.7 Å². The standard InChI is InChI=1S/C27H19N5O3/c1-2-23(33)30-19-12-8-17(9-13-19)22-16-29-32-25(26(28)34)24(31-27(22)32)18-10-14-21(15-11-18)35-20-6-4-3-5-7-20/h1,3-16,31H,(H2,28,34)(H,30,33). The second kappa shape index (κ2) is 8.92. The van der Waals surface area contributed by atoms with Crippen LogP contribution in [0.3, 0.4) is 0 Å². The van der Waals surface area contributed by atoms with Crippen molar-refractivity contribution in [3.05, 3.63) is 90.8 Å². The van der Waals surface area contributed by atoms with Gasteiger partial charge in [-0.15, -0.1) is 6.42 Å². The number of primary amides is 1. The number of carbonyl (C=O) groups excluding carboxylic acids is 2. The normalized spacial score (nSPS) is 10.6. The van der Waals surface area contributed by atoms with E-state index in [1.54, 1.807) is 18.3 Å². The first kappa shape index (κ1) is 21.6. The summed E-state index contributed by atoms with van der Waals surface area (Å²) in [5.74, 6) is 2.26. The molecule has 0 bridgehead atoms. The van der Waals surface area contributed by atoms with Gasteiger partial charge in [0.2, 0.25) is 0 Å². The number of terminal acetylenes is 1. The zero-order chi connectivity index (χ0) is 24.4. The van der Waals surface area contributed by atoms with Gasteiger partial charge in [0.05, 0.1) is 11.9 Å². The fourth-order valence-electron chi connectivity index (χ4n) is 3.78. The van der Waals surface area contributed by atoms with Crippen LogP contribution in [-0.4, -0.2) is 26.4 Å². The molecule has 2 aromatic heterocycles. The molecule has 4 N–H and O–H groups in total. The molecule has 0 saturated carbocycles. The number of nitrogens with zero attached hydrogens (tertiary/aromatic N) is 2. The number of ether oxygens (including phenoxy) is 1. The Hall–Kier alpha value is -5.29. The lowest BCUT2D eigenvalue weighted by atomic mass is 10.1. The minimum atomic E-state index is -0.613. The van der Waals surface area contributed by atoms with Crippen molar-refractivity contribution in [2.45, 2.75) is 0 Å². The van der Waals surface area contributed by atoms with Crippen molar-refractivity contribution in [1.29, 1.82) is 0 Å². The van der Waals surface area contributed by atoms with Crippen molar-refractivity contribution >= 4 is 23.1 Å². The number of aromatic amines is 1. The first-order chi connectivity index (χ1) is 17.0. The molecule has 8 nitrogen and oxygen atoms in total. The van der Waals surface area contributed by atoms with Gasteiger partial charge in [0.15, 0.2) is 5.69 Å². The molecule has 0 aliphatic carbocycles. The van der Waals surface area contributed by atoms with Gasteiger partial charge in [0, 0.05) is 16.8 Å². The minimum absolute atomic E-state index is 0.237. The van der Waals surface area contributed by atoms with Crippen LogP contribution in [0.2, 0.25) is 0 Å². The molecule has 2 heterocycles. The Bertz CT molecular complexity index is 1570. The fraction of sp³-hybridized carbons (Fsp3) is 0. The summed E-state index contributed by atoms with van der Waals surface area (Å²) in [5.41, 5.74) is 10.0. The summed E-state index contributed by atoms with van der Waals surface area (Å²) < 4.78 is 7.35. The molecule has 170 valence electrons. The Labute approximate surface area is 200 Å². The van der Waals surface area contributed by atoms with Crippen LogP contribution in [0.5, 0.6) is 11.5 Å². The van der Waals surface area contributed by atoms with Crippen LogP contribution in [0.1, 0.15) is 10.5 Å². The summed E-state index contributed by atoms with van der Waals surface area (Å²) in [4.78, 5) is 27.1. The highest BCUT2D eigenvalue weighted by Gasteiger charge is 2.21. The third-order valence-corrected chi connectivity index (χ3v) is 5.40. The highest BCUT2D eigenvalue weighted by atomic mass is 16.5. The third kappa shape index (κ3) is 4.21. The molecule has 0 aliphatic heterocycles. The van der Waals surface area contributed by atoms with Gasteiger partial charge in [0.25, 0.3) is 11.8 Å². The number of nitrogens with two attached hydrogens (primary N) is 1. The van der Waals surface area contributed by atoms with E-state index >= 15 is 0 Å². The van der Waals surface area contributed by atoms with Gasteiger partial charge in [-0.05, 0) is 60.0 Å². The highest BCUT2D eigenvalue weighted by molar-refractivity contribution is 6.03. The monoisotopic (exact) mass is 461 g/mol. The van der Waals surface area contributed by atoms with Crippen LogP contribution in [0.15, 0.2) is 85.1 Å². The average Bonchev–Trinajstić information content (AvgIpc) is 3.45. The molecule has 2 amide bonds. The van der Waals surface area contributed by atoms with Gasteiger partial charge in [-0.25, -0.2) is 4.52 Å². The zero-order valence-electron chi connectivity index (χ0n) is 18.4. The number of fused-ring (bicyclic) bond motifs is 1. The van der Waals surface area contributed by atoms with Crippen molar-refractivity contribution in [3.8, 4) is 46.2 Å². The van der Waals surface area contributed by atoms with Crippen LogP contribution in [0.25, 0.3) is 28.0 Å². The molecule has 0 unspecified atom stereocenters. The Balaban J connectivity index is 1.49. The number of para-hydroxylation sites is 1. The second-order valence-electron chi connectivity index (χ2n) is 7.65. The van der Waals surface area contributed by atoms with Gasteiger partial charge in [-0.3, -0.25) is 9.59 Å². The number of hydrogen-bond acceptors (Lipinski definition) is 4. The van der Waals surface area contributed by atoms with Crippen LogP contribution < -0.4 is 15.8 Å². The number of carbonyl (C=O) groups is 2. The van der Waals surface area contributed by atoms with Gasteiger partial charge < -0.3 is 20.8 Å². The van der Waals surface area contributed by atoms with Crippen LogP contribution in [0.4, 0.5) is 5.69 Å². The van der Waals surface area contributed by atoms with E-state index in [0.717, 1.165) is 22.4 Å². The number of H-pyrrole nitrogens is 1. The number of imidazole rings is 1. The maximum absolute atomic E-state index is 12.4. The summed E-state index contributed by atoms with van der Waals surface area (Å²) in [6.45, 7) is 0. The lowest BCUT2D eigenvalue weighted by Crippen LogP contribution is -2.15. The van der Waals surface area contributed by atoms with E-state index in [9.17, 15) is 9.59 Å². The van der Waals surface area contributed by atoms with Crippen LogP contribution >= 0.6 is 0 Å². The predicted molar refractivity (Wildman–Crippen MR) is 133 cm³/mol. The molecule has 0 spiro atoms. The summed E-state index contributed by atoms with van der Waals surface area (Å²) >= 11 is 0. The third-order valence-electron chi connectivity index (χ3n) is 5.40. The van der Waals surface area contributed by atoms with E-state index in [4.69, 9.17) is 16.9 Å². The Morgan fingerprint density at radius 2 is 1.60 bits per heavy atom. The molecule has 5 rings (SSSR count). The SMILES string of the molecule is C#CC(=O)Nc1ccc(-c2cnn3c(C(N)=O)c(-c4ccc(Oc5ccccc5)cc4)[nH]c23)cc1. The number of nitrogens with one attached hydrogen (secondary N) is 2. The zero-order valence-corrected chi connectivity index (χ0v) is 18.4. The highest BCUT2D eigenvalue weighted by Crippen LogP contribution is 2.32. The van der Waals surface area contributed by atoms with Gasteiger partial charge >= 0.3 is 0 Å². The van der Waals surface area contributed by atoms with Gasteiger partial charge in [-0.2, -0.15) is 5.10 Å². The van der Waals surface area contributed by atoms with E-state index in [2.05, 4.69) is 15.4 Å². The van der Waals surface area contributed by atoms with E-state index in [1.165, 1.54) is 4.52 Å². The summed E-state index contributed by atoms with van der Waals surface area (Å²) in [5, 5.41) is 6.98. The van der Waals surface area contributed by atoms with E-state index in [-0.39, 0.29) is 5.69 Å². The van der Waals surface area contributed by atoms with Crippen molar-refractivity contribution < 1.29 is 14.3 Å². The van der Waals surface area contributed by atoms with E-state index in [0.29, 0.717) is 22.8 Å². The first-order valence-electron chi connectivity index (χ1n) is 10.6. The van der Waals surface area contributed by atoms with Crippen molar-refractivity contribution in [2.75, 3.05) is 5.32 Å². The molecule has 0 atom stereocenters. The van der Waals surface area contributed by atoms with Crippen molar-refractivity contribution in [1.82, 2.24) is 14.6 Å². The lowest BCUT2D eigenvalue weighted by molar-refractivity contribution is -0.111. The fourth-order valence-corrected chi connectivity index (χ4v) is 3.78. The number of anilines is 1. The first-order valence-corrected chi connectivity index (χ1v) is 10.6. The number of aromatic nitrogens is 3. The largest absolute Gasteiger partial charge is 0.457 e. The molecule has 5 aromatic rings. The molecule has 0 aliphatic rings. The van der Waals surface area contributed by atoms with Crippen molar-refractivity contribution in [2.24, 2.45) is 5.73 Å². The lowest BCUT2D eigenvalue weighted by Gasteiger charge is -2.07. The Kier molecular flexibility index (Phi) is 5.49. The molecule has 0 saturated heterocycles. The molecular weight excluding hydrogens is 442 g/mol. The molecule has 8 heteroatoms. The molecule has 0 radical (unpaired) electrons. The minimum Gasteiger partial charge on any atom is -0.457 e. The Morgan fingerprint density at radius 1 is 0.943 bits per heavy atom. The number of hydrogen-bond donors (Lipinski definition) is 3. The summed E-state index contributed by atoms with van der Waals surface area (Å²) in [6, 6.07) is 23.9.